The molecule has 1 aromatic carbocycles. The van der Waals surface area contributed by atoms with E-state index in [1.807, 2.05) is 0 Å². The van der Waals surface area contributed by atoms with Gasteiger partial charge in [0, 0.05) is 17.0 Å². The van der Waals surface area contributed by atoms with Crippen molar-refractivity contribution in [2.75, 3.05) is 0 Å². The van der Waals surface area contributed by atoms with E-state index in [1.165, 1.54) is 12.1 Å². The zero-order valence-electron chi connectivity index (χ0n) is 6.89. The van der Waals surface area contributed by atoms with E-state index in [0.717, 1.165) is 0 Å². The molecule has 0 saturated heterocycles. The Morgan fingerprint density at radius 2 is 2.23 bits per heavy atom. The average Bonchev–Trinajstić information content (AvgIpc) is 2.03. The number of carbonyl (C=O) groups is 1. The lowest BCUT2D eigenvalue weighted by atomic mass is 10.1. The molecule has 0 atom stereocenters. The zero-order chi connectivity index (χ0) is 9.84. The molecule has 0 spiro atoms. The van der Waals surface area contributed by atoms with E-state index in [2.05, 4.69) is 0 Å². The van der Waals surface area contributed by atoms with Gasteiger partial charge in [0.1, 0.15) is 5.82 Å². The van der Waals surface area contributed by atoms with E-state index >= 15 is 0 Å². The number of carbonyl (C=O) groups excluding carboxylic acids is 1. The van der Waals surface area contributed by atoms with Crippen molar-refractivity contribution in [2.24, 2.45) is 5.73 Å². The summed E-state index contributed by atoms with van der Waals surface area (Å²) in [5.74, 6) is -0.854. The number of hydrogen-bond acceptors (Lipinski definition) is 1. The lowest BCUT2D eigenvalue weighted by molar-refractivity contribution is -0.117. The van der Waals surface area contributed by atoms with Crippen LogP contribution in [0, 0.1) is 5.82 Å². The predicted molar refractivity (Wildman–Crippen MR) is 48.9 cm³/mol. The largest absolute Gasteiger partial charge is 0.370 e. The van der Waals surface area contributed by atoms with Gasteiger partial charge in [-0.05, 0) is 18.6 Å². The summed E-state index contributed by atoms with van der Waals surface area (Å²) in [5, 5.41) is 0.334. The summed E-state index contributed by atoms with van der Waals surface area (Å²) >= 11 is 5.72. The van der Waals surface area contributed by atoms with Gasteiger partial charge in [0.15, 0.2) is 0 Å². The van der Waals surface area contributed by atoms with E-state index in [4.69, 9.17) is 17.3 Å². The summed E-state index contributed by atoms with van der Waals surface area (Å²) in [5.41, 5.74) is 5.29. The third kappa shape index (κ3) is 2.70. The van der Waals surface area contributed by atoms with Crippen LogP contribution in [-0.2, 0) is 11.2 Å². The number of rotatable bonds is 3. The third-order valence-electron chi connectivity index (χ3n) is 1.68. The molecule has 0 heterocycles. The maximum absolute atomic E-state index is 13.1. The molecule has 13 heavy (non-hydrogen) atoms. The van der Waals surface area contributed by atoms with Gasteiger partial charge in [-0.1, -0.05) is 17.7 Å². The first-order valence-electron chi connectivity index (χ1n) is 3.82. The Balaban J connectivity index is 2.81. The minimum atomic E-state index is -0.459. The van der Waals surface area contributed by atoms with Crippen molar-refractivity contribution in [3.05, 3.63) is 34.6 Å². The molecule has 0 aromatic heterocycles. The smallest absolute Gasteiger partial charge is 0.217 e. The number of benzene rings is 1. The highest BCUT2D eigenvalue weighted by atomic mass is 35.5. The highest BCUT2D eigenvalue weighted by molar-refractivity contribution is 6.31. The third-order valence-corrected chi connectivity index (χ3v) is 2.04. The second-order valence-electron chi connectivity index (χ2n) is 2.67. The zero-order valence-corrected chi connectivity index (χ0v) is 7.64. The highest BCUT2D eigenvalue weighted by Gasteiger charge is 2.07. The Hall–Kier alpha value is -1.09. The number of amides is 1. The molecular formula is C9H9ClFNO. The molecule has 1 aromatic rings. The molecule has 4 heteroatoms. The minimum absolute atomic E-state index is 0.112. The number of nitrogens with two attached hydrogens (primary N) is 1. The van der Waals surface area contributed by atoms with Crippen LogP contribution in [0.5, 0.6) is 0 Å². The molecule has 0 fully saturated rings. The normalized spacial score (nSPS) is 10.0. The molecule has 1 rings (SSSR count). The first-order chi connectivity index (χ1) is 6.11. The van der Waals surface area contributed by atoms with Crippen LogP contribution < -0.4 is 5.73 Å². The maximum atomic E-state index is 13.1. The molecule has 2 N–H and O–H groups in total. The fourth-order valence-corrected chi connectivity index (χ4v) is 1.28. The molecule has 0 unspecified atom stereocenters. The molecule has 2 nitrogen and oxygen atoms in total. The Morgan fingerprint density at radius 1 is 1.54 bits per heavy atom. The van der Waals surface area contributed by atoms with E-state index in [1.54, 1.807) is 6.07 Å². The average molecular weight is 202 g/mol. The Labute approximate surface area is 80.5 Å². The summed E-state index contributed by atoms with van der Waals surface area (Å²) in [6.45, 7) is 0. The second kappa shape index (κ2) is 4.23. The molecule has 0 bridgehead atoms. The minimum Gasteiger partial charge on any atom is -0.370 e. The van der Waals surface area contributed by atoms with Gasteiger partial charge in [0.25, 0.3) is 0 Å². The molecule has 0 radical (unpaired) electrons. The number of primary amides is 1. The van der Waals surface area contributed by atoms with E-state index in [-0.39, 0.29) is 12.8 Å². The monoisotopic (exact) mass is 201 g/mol. The standard InChI is InChI=1S/C9H9ClFNO/c10-7-2-1-3-8(11)6(7)4-5-9(12)13/h1-3H,4-5H2,(H2,12,13). The number of hydrogen-bond donors (Lipinski definition) is 1. The summed E-state index contributed by atoms with van der Waals surface area (Å²) in [4.78, 5) is 10.5. The topological polar surface area (TPSA) is 43.1 Å². The lowest BCUT2D eigenvalue weighted by Gasteiger charge is -2.03. The second-order valence-corrected chi connectivity index (χ2v) is 3.07. The molecule has 0 aliphatic heterocycles. The van der Waals surface area contributed by atoms with E-state index < -0.39 is 11.7 Å². The van der Waals surface area contributed by atoms with Crippen LogP contribution in [0.1, 0.15) is 12.0 Å². The van der Waals surface area contributed by atoms with Gasteiger partial charge in [-0.2, -0.15) is 0 Å². The summed E-state index contributed by atoms with van der Waals surface area (Å²) < 4.78 is 13.1. The first-order valence-corrected chi connectivity index (χ1v) is 4.20. The van der Waals surface area contributed by atoms with Gasteiger partial charge in [0.2, 0.25) is 5.91 Å². The van der Waals surface area contributed by atoms with Gasteiger partial charge < -0.3 is 5.73 Å². The summed E-state index contributed by atoms with van der Waals surface area (Å²) in [6, 6.07) is 4.41. The Bertz CT molecular complexity index is 307. The summed E-state index contributed by atoms with van der Waals surface area (Å²) in [7, 11) is 0. The van der Waals surface area contributed by atoms with E-state index in [0.29, 0.717) is 10.6 Å². The first kappa shape index (κ1) is 9.99. The predicted octanol–water partition coefficient (Wildman–Crippen LogP) is 1.90. The van der Waals surface area contributed by atoms with E-state index in [9.17, 15) is 9.18 Å². The SMILES string of the molecule is NC(=O)CCc1c(F)cccc1Cl. The van der Waals surface area contributed by atoms with Crippen LogP contribution >= 0.6 is 11.6 Å². The van der Waals surface area contributed by atoms with Crippen molar-refractivity contribution >= 4 is 17.5 Å². The van der Waals surface area contributed by atoms with Crippen molar-refractivity contribution in [1.82, 2.24) is 0 Å². The van der Waals surface area contributed by atoms with Crippen molar-refractivity contribution in [2.45, 2.75) is 12.8 Å². The van der Waals surface area contributed by atoms with Gasteiger partial charge in [0.05, 0.1) is 0 Å². The van der Waals surface area contributed by atoms with Crippen LogP contribution in [0.4, 0.5) is 4.39 Å². The van der Waals surface area contributed by atoms with Crippen molar-refractivity contribution in [3.63, 3.8) is 0 Å². The van der Waals surface area contributed by atoms with Crippen LogP contribution in [0.3, 0.4) is 0 Å². The molecule has 1 amide bonds. The Morgan fingerprint density at radius 3 is 2.77 bits per heavy atom. The fourth-order valence-electron chi connectivity index (χ4n) is 1.02. The van der Waals surface area contributed by atoms with Crippen LogP contribution in [-0.4, -0.2) is 5.91 Å². The van der Waals surface area contributed by atoms with Gasteiger partial charge in [-0.15, -0.1) is 0 Å². The molecule has 70 valence electrons. The maximum Gasteiger partial charge on any atom is 0.217 e. The molecule has 0 saturated carbocycles. The van der Waals surface area contributed by atoms with Crippen molar-refractivity contribution < 1.29 is 9.18 Å². The molecule has 0 aliphatic rings. The Kier molecular flexibility index (Phi) is 3.25. The molecule has 0 aliphatic carbocycles. The summed E-state index contributed by atoms with van der Waals surface area (Å²) in [6.07, 6.45) is 0.363. The fraction of sp³-hybridized carbons (Fsp3) is 0.222. The number of halogens is 2. The molecular weight excluding hydrogens is 193 g/mol. The van der Waals surface area contributed by atoms with Crippen molar-refractivity contribution in [1.29, 1.82) is 0 Å². The van der Waals surface area contributed by atoms with Gasteiger partial charge in [-0.3, -0.25) is 4.79 Å². The van der Waals surface area contributed by atoms with Gasteiger partial charge >= 0.3 is 0 Å². The van der Waals surface area contributed by atoms with Gasteiger partial charge in [-0.25, -0.2) is 4.39 Å². The quantitative estimate of drug-likeness (QED) is 0.798. The van der Waals surface area contributed by atoms with Crippen LogP contribution in [0.15, 0.2) is 18.2 Å². The van der Waals surface area contributed by atoms with Crippen LogP contribution in [0.25, 0.3) is 0 Å². The lowest BCUT2D eigenvalue weighted by Crippen LogP contribution is -2.11. The highest BCUT2D eigenvalue weighted by Crippen LogP contribution is 2.20. The van der Waals surface area contributed by atoms with Crippen molar-refractivity contribution in [3.8, 4) is 0 Å². The van der Waals surface area contributed by atoms with Crippen LogP contribution in [0.2, 0.25) is 5.02 Å².